The van der Waals surface area contributed by atoms with E-state index in [2.05, 4.69) is 276 Å². The van der Waals surface area contributed by atoms with Crippen LogP contribution in [0.2, 0.25) is 0 Å². The molecule has 0 atom stereocenters. The summed E-state index contributed by atoms with van der Waals surface area (Å²) >= 11 is 0. The Morgan fingerprint density at radius 3 is 0.863 bits per heavy atom. The molecule has 0 radical (unpaired) electrons. The molecule has 0 fully saturated rings. The lowest BCUT2D eigenvalue weighted by molar-refractivity contribution is 0.663. The molecule has 0 aliphatic heterocycles. The lowest BCUT2D eigenvalue weighted by atomic mass is 9.81. The van der Waals surface area contributed by atoms with Gasteiger partial charge < -0.3 is 18.3 Å². The van der Waals surface area contributed by atoms with E-state index in [1.54, 1.807) is 0 Å². The highest BCUT2D eigenvalue weighted by Crippen LogP contribution is 2.57. The normalized spacial score (nSPS) is 13.9. The van der Waals surface area contributed by atoms with E-state index in [0.717, 1.165) is 87.2 Å². The number of fused-ring (bicyclic) bond motifs is 20. The number of hydrogen-bond donors (Lipinski definition) is 0. The molecule has 0 spiro atoms. The summed E-state index contributed by atoms with van der Waals surface area (Å²) in [5, 5.41) is 34.6. The van der Waals surface area contributed by atoms with Crippen molar-refractivity contribution in [2.24, 2.45) is 0 Å². The number of benzene rings is 11. The molecule has 0 N–H and O–H groups in total. The molecule has 4 aromatic heterocycles. The van der Waals surface area contributed by atoms with Crippen molar-refractivity contribution < 1.29 is 0 Å². The monoisotopic (exact) mass is 1020 g/mol. The summed E-state index contributed by atoms with van der Waals surface area (Å²) in [5.41, 5.74) is 19.8. The van der Waals surface area contributed by atoms with Gasteiger partial charge in [0.05, 0.1) is 66.9 Å². The Labute approximate surface area is 461 Å². The van der Waals surface area contributed by atoms with Gasteiger partial charge >= 0.3 is 0 Å². The topological polar surface area (TPSA) is 67.3 Å². The zero-order chi connectivity index (χ0) is 53.5. The number of hydrogen-bond acceptors (Lipinski definition) is 2. The van der Waals surface area contributed by atoms with Crippen molar-refractivity contribution in [2.45, 2.75) is 38.5 Å². The minimum absolute atomic E-state index is 0.442. The number of para-hydroxylation sites is 6. The van der Waals surface area contributed by atoms with Crippen LogP contribution in [0.15, 0.2) is 218 Å². The number of nitriles is 2. The van der Waals surface area contributed by atoms with Crippen molar-refractivity contribution >= 4 is 87.2 Å². The van der Waals surface area contributed by atoms with Gasteiger partial charge in [-0.1, -0.05) is 210 Å². The van der Waals surface area contributed by atoms with Crippen molar-refractivity contribution in [3.63, 3.8) is 0 Å². The van der Waals surface area contributed by atoms with Crippen LogP contribution in [0.25, 0.3) is 132 Å². The van der Waals surface area contributed by atoms with Gasteiger partial charge in [-0.3, -0.25) is 0 Å². The molecule has 374 valence electrons. The second-order valence-electron chi connectivity index (χ2n) is 22.9. The summed E-state index contributed by atoms with van der Waals surface area (Å²) < 4.78 is 9.39. The van der Waals surface area contributed by atoms with E-state index in [9.17, 15) is 10.5 Å². The fraction of sp³-hybridized carbons (Fsp3) is 0.0811. The molecule has 2 aliphatic rings. The van der Waals surface area contributed by atoms with Crippen molar-refractivity contribution in [1.82, 2.24) is 18.3 Å². The molecule has 4 heterocycles. The Morgan fingerprint density at radius 1 is 0.275 bits per heavy atom. The molecule has 6 nitrogen and oxygen atoms in total. The molecule has 0 saturated heterocycles. The first kappa shape index (κ1) is 44.7. The Balaban J connectivity index is 1.20. The van der Waals surface area contributed by atoms with E-state index in [0.29, 0.717) is 33.9 Å². The Morgan fingerprint density at radius 2 is 0.537 bits per heavy atom. The molecule has 0 saturated carbocycles. The van der Waals surface area contributed by atoms with Gasteiger partial charge in [0.1, 0.15) is 23.3 Å². The third kappa shape index (κ3) is 5.40. The lowest BCUT2D eigenvalue weighted by Gasteiger charge is -2.29. The lowest BCUT2D eigenvalue weighted by Crippen LogP contribution is -2.20. The SMILES string of the molecule is CC1(C)c2ccccc2-c2ccc3c4ccccc4n(-c4c(C#N)c(-n5c6ccccc6c6ccccc65)c(-n5c6ccccc6c6ccc7c(c65)C(C)(C)c5ccccc5-7)c(C#N)c4-n4c5ccccc5c5ccccc54)c3c21. The highest BCUT2D eigenvalue weighted by Gasteiger charge is 2.43. The summed E-state index contributed by atoms with van der Waals surface area (Å²) in [4.78, 5) is 0. The molecule has 17 rings (SSSR count). The maximum atomic E-state index is 13.1. The standard InChI is InChI=1S/C74H48N6/c1-73(2)57-29-13-5-21-43(57)51-37-39-53-49-27-11-19-35-63(49)79(67(53)65(51)73)71-55(41-75)70(78-61-33-17-9-25-47(61)48-26-10-18-34-62(48)78)72(56(42-76)69(71)77-59-31-15-7-23-45(59)46-24-8-16-32-60(46)77)80-64-36-20-12-28-50(64)54-40-38-52-44-22-6-14-30-58(44)74(3,4)66(52)68(54)80/h5-40H,1-4H3. The molecule has 15 aromatic rings. The fourth-order valence-electron chi connectivity index (χ4n) is 15.2. The Hall–Kier alpha value is -10.4. The smallest absolute Gasteiger partial charge is 0.104 e. The van der Waals surface area contributed by atoms with Crippen LogP contribution in [0.5, 0.6) is 0 Å². The van der Waals surface area contributed by atoms with Gasteiger partial charge in [0.15, 0.2) is 0 Å². The van der Waals surface area contributed by atoms with Crippen LogP contribution in [-0.4, -0.2) is 18.3 Å². The molecule has 80 heavy (non-hydrogen) atoms. The van der Waals surface area contributed by atoms with Crippen LogP contribution in [0, 0.1) is 22.7 Å². The van der Waals surface area contributed by atoms with Gasteiger partial charge in [0.2, 0.25) is 0 Å². The molecule has 6 heteroatoms. The third-order valence-electron chi connectivity index (χ3n) is 18.4. The van der Waals surface area contributed by atoms with Gasteiger partial charge in [-0.25, -0.2) is 0 Å². The maximum Gasteiger partial charge on any atom is 0.104 e. The quantitative estimate of drug-likeness (QED) is 0.176. The zero-order valence-electron chi connectivity index (χ0n) is 44.5. The molecule has 0 amide bonds. The van der Waals surface area contributed by atoms with E-state index in [4.69, 9.17) is 0 Å². The summed E-state index contributed by atoms with van der Waals surface area (Å²) in [6, 6.07) is 84.3. The third-order valence-corrected chi connectivity index (χ3v) is 18.4. The maximum absolute atomic E-state index is 13.1. The van der Waals surface area contributed by atoms with Crippen LogP contribution in [0.1, 0.15) is 61.1 Å². The van der Waals surface area contributed by atoms with Crippen LogP contribution >= 0.6 is 0 Å². The molecular weight excluding hydrogens is 973 g/mol. The van der Waals surface area contributed by atoms with Crippen LogP contribution < -0.4 is 0 Å². The zero-order valence-corrected chi connectivity index (χ0v) is 44.5. The van der Waals surface area contributed by atoms with E-state index in [1.165, 1.54) is 44.5 Å². The average molecular weight is 1020 g/mol. The Bertz CT molecular complexity index is 4960. The Kier molecular flexibility index (Phi) is 8.74. The van der Waals surface area contributed by atoms with E-state index < -0.39 is 10.8 Å². The predicted molar refractivity (Wildman–Crippen MR) is 328 cm³/mol. The van der Waals surface area contributed by atoms with Crippen molar-refractivity contribution in [3.8, 4) is 57.1 Å². The largest absolute Gasteiger partial charge is 0.306 e. The number of aromatic nitrogens is 4. The first-order chi connectivity index (χ1) is 39.2. The molecule has 11 aromatic carbocycles. The molecule has 0 bridgehead atoms. The van der Waals surface area contributed by atoms with Crippen LogP contribution in [0.4, 0.5) is 0 Å². The van der Waals surface area contributed by atoms with Gasteiger partial charge in [-0.15, -0.1) is 0 Å². The first-order valence-corrected chi connectivity index (χ1v) is 27.6. The average Bonchev–Trinajstić information content (AvgIpc) is 4.50. The predicted octanol–water partition coefficient (Wildman–Crippen LogP) is 18.4. The highest BCUT2D eigenvalue weighted by molar-refractivity contribution is 6.18. The number of rotatable bonds is 4. The summed E-state index contributed by atoms with van der Waals surface area (Å²) in [7, 11) is 0. The van der Waals surface area contributed by atoms with Gasteiger partial charge in [-0.2, -0.15) is 10.5 Å². The highest BCUT2D eigenvalue weighted by atomic mass is 15.1. The molecule has 2 aliphatic carbocycles. The second kappa shape index (κ2) is 15.6. The number of nitrogens with zero attached hydrogens (tertiary/aromatic N) is 6. The molecule has 0 unspecified atom stereocenters. The van der Waals surface area contributed by atoms with Crippen molar-refractivity contribution in [1.29, 1.82) is 10.5 Å². The van der Waals surface area contributed by atoms with Crippen LogP contribution in [0.3, 0.4) is 0 Å². The van der Waals surface area contributed by atoms with E-state index in [-0.39, 0.29) is 0 Å². The minimum atomic E-state index is -0.446. The van der Waals surface area contributed by atoms with Gasteiger partial charge in [-0.05, 0) is 80.9 Å². The summed E-state index contributed by atoms with van der Waals surface area (Å²) in [6.45, 7) is 9.36. The van der Waals surface area contributed by atoms with Gasteiger partial charge in [0.25, 0.3) is 0 Å². The minimum Gasteiger partial charge on any atom is -0.306 e. The summed E-state index contributed by atoms with van der Waals surface area (Å²) in [5.74, 6) is 0. The summed E-state index contributed by atoms with van der Waals surface area (Å²) in [6.07, 6.45) is 0. The second-order valence-corrected chi connectivity index (χ2v) is 22.9. The first-order valence-electron chi connectivity index (χ1n) is 27.6. The fourth-order valence-corrected chi connectivity index (χ4v) is 15.2. The van der Waals surface area contributed by atoms with E-state index >= 15 is 0 Å². The molecular formula is C74H48N6. The van der Waals surface area contributed by atoms with E-state index in [1.807, 2.05) is 0 Å². The van der Waals surface area contributed by atoms with Crippen molar-refractivity contribution in [2.75, 3.05) is 0 Å². The van der Waals surface area contributed by atoms with Gasteiger partial charge in [0, 0.05) is 53.9 Å². The van der Waals surface area contributed by atoms with Crippen LogP contribution in [-0.2, 0) is 10.8 Å². The van der Waals surface area contributed by atoms with Crippen molar-refractivity contribution in [3.05, 3.63) is 252 Å².